The molecule has 2 aromatic heterocycles. The Bertz CT molecular complexity index is 1120. The summed E-state index contributed by atoms with van der Waals surface area (Å²) in [6.45, 7) is 13.9. The van der Waals surface area contributed by atoms with Gasteiger partial charge in [0.1, 0.15) is 11.6 Å². The summed E-state index contributed by atoms with van der Waals surface area (Å²) in [5, 5.41) is 0. The summed E-state index contributed by atoms with van der Waals surface area (Å²) in [6, 6.07) is 6.23. The maximum absolute atomic E-state index is 13.0. The van der Waals surface area contributed by atoms with Gasteiger partial charge in [-0.2, -0.15) is 0 Å². The maximum atomic E-state index is 13.0. The fraction of sp³-hybridized carbons (Fsp3) is 0.581. The lowest BCUT2D eigenvalue weighted by Crippen LogP contribution is -2.28. The van der Waals surface area contributed by atoms with E-state index in [9.17, 15) is 4.79 Å². The summed E-state index contributed by atoms with van der Waals surface area (Å²) in [7, 11) is 4.14. The molecule has 0 atom stereocenters. The molecule has 0 saturated heterocycles. The van der Waals surface area contributed by atoms with Crippen molar-refractivity contribution in [2.45, 2.75) is 72.6 Å². The Balaban J connectivity index is 1.67. The van der Waals surface area contributed by atoms with Gasteiger partial charge in [-0.05, 0) is 83.0 Å². The maximum Gasteiger partial charge on any atom is 0.338 e. The average Bonchev–Trinajstić information content (AvgIpc) is 3.59. The molecule has 2 heterocycles. The highest BCUT2D eigenvalue weighted by molar-refractivity contribution is 5.91. The first-order valence-electron chi connectivity index (χ1n) is 14.8. The van der Waals surface area contributed by atoms with Crippen LogP contribution < -0.4 is 0 Å². The molecule has 9 heteroatoms. The third-order valence-corrected chi connectivity index (χ3v) is 7.07. The second-order valence-electron chi connectivity index (χ2n) is 10.6. The van der Waals surface area contributed by atoms with Crippen molar-refractivity contribution in [3.05, 3.63) is 71.3 Å². The van der Waals surface area contributed by atoms with E-state index in [1.165, 1.54) is 32.4 Å². The van der Waals surface area contributed by atoms with Crippen molar-refractivity contribution in [1.29, 1.82) is 0 Å². The van der Waals surface area contributed by atoms with E-state index in [2.05, 4.69) is 62.7 Å². The van der Waals surface area contributed by atoms with Crippen LogP contribution in [0.1, 0.15) is 79.6 Å². The Hall–Kier alpha value is -3.01. The van der Waals surface area contributed by atoms with Crippen molar-refractivity contribution >= 4 is 5.97 Å². The third-order valence-electron chi connectivity index (χ3n) is 7.07. The van der Waals surface area contributed by atoms with E-state index in [0.29, 0.717) is 38.3 Å². The number of nitrogens with one attached hydrogen (secondary N) is 1. The fourth-order valence-corrected chi connectivity index (χ4v) is 5.08. The van der Waals surface area contributed by atoms with Gasteiger partial charge in [-0.3, -0.25) is 4.90 Å². The highest BCUT2D eigenvalue weighted by atomic mass is 16.5. The van der Waals surface area contributed by atoms with Gasteiger partial charge in [0, 0.05) is 44.9 Å². The van der Waals surface area contributed by atoms with E-state index < -0.39 is 0 Å². The van der Waals surface area contributed by atoms with Gasteiger partial charge in [0.05, 0.1) is 25.3 Å². The molecule has 220 valence electrons. The summed E-state index contributed by atoms with van der Waals surface area (Å²) in [5.41, 5.74) is 2.71. The third kappa shape index (κ3) is 10.2. The first-order valence-corrected chi connectivity index (χ1v) is 14.8. The van der Waals surface area contributed by atoms with Gasteiger partial charge < -0.3 is 24.1 Å². The number of unbranched alkanes of at least 4 members (excludes halogenated alkanes) is 1. The summed E-state index contributed by atoms with van der Waals surface area (Å²) in [6.07, 6.45) is 12.1. The number of ether oxygens (including phenoxy) is 1. The molecule has 1 aromatic carbocycles. The molecule has 0 aliphatic rings. The van der Waals surface area contributed by atoms with Crippen molar-refractivity contribution in [2.24, 2.45) is 7.05 Å². The van der Waals surface area contributed by atoms with Gasteiger partial charge in [-0.1, -0.05) is 26.0 Å². The Labute approximate surface area is 240 Å². The van der Waals surface area contributed by atoms with Crippen molar-refractivity contribution in [3.8, 4) is 0 Å². The number of imidazole rings is 2. The van der Waals surface area contributed by atoms with Crippen LogP contribution in [0.4, 0.5) is 0 Å². The van der Waals surface area contributed by atoms with E-state index in [0.717, 1.165) is 42.3 Å². The molecule has 0 unspecified atom stereocenters. The number of carbonyl (C=O) groups excluding carboxylic acids is 1. The van der Waals surface area contributed by atoms with Crippen LogP contribution in [-0.2, 0) is 38.0 Å². The van der Waals surface area contributed by atoms with Gasteiger partial charge >= 0.3 is 5.97 Å². The number of hydrogen-bond donors (Lipinski definition) is 1. The molecule has 40 heavy (non-hydrogen) atoms. The lowest BCUT2D eigenvalue weighted by atomic mass is 10.0. The molecule has 0 fully saturated rings. The van der Waals surface area contributed by atoms with Crippen LogP contribution in [0, 0.1) is 0 Å². The fourth-order valence-electron chi connectivity index (χ4n) is 5.08. The molecule has 3 rings (SSSR count). The van der Waals surface area contributed by atoms with Crippen molar-refractivity contribution < 1.29 is 9.53 Å². The average molecular weight is 552 g/mol. The molecule has 0 radical (unpaired) electrons. The SMILES string of the molecule is CCCN(CCC)CCCCN(C)Cc1ccc(CN(Cc2ncc[nH]2)Cc2nccn2C)cc1C(=O)OCC. The Morgan fingerprint density at radius 3 is 2.35 bits per heavy atom. The van der Waals surface area contributed by atoms with Crippen LogP contribution >= 0.6 is 0 Å². The van der Waals surface area contributed by atoms with E-state index in [-0.39, 0.29) is 5.97 Å². The smallest absolute Gasteiger partial charge is 0.338 e. The number of nitrogens with zero attached hydrogens (tertiary/aromatic N) is 6. The summed E-state index contributed by atoms with van der Waals surface area (Å²) in [4.78, 5) is 32.3. The van der Waals surface area contributed by atoms with Gasteiger partial charge in [-0.25, -0.2) is 14.8 Å². The topological polar surface area (TPSA) is 82.5 Å². The van der Waals surface area contributed by atoms with E-state index in [1.54, 1.807) is 6.20 Å². The van der Waals surface area contributed by atoms with Gasteiger partial charge in [0.15, 0.2) is 0 Å². The lowest BCUT2D eigenvalue weighted by Gasteiger charge is -2.23. The molecule has 0 spiro atoms. The van der Waals surface area contributed by atoms with Gasteiger partial charge in [0.2, 0.25) is 0 Å². The number of aromatic amines is 1. The molecule has 1 N–H and O–H groups in total. The van der Waals surface area contributed by atoms with Crippen LogP contribution in [0.2, 0.25) is 0 Å². The normalized spacial score (nSPS) is 11.7. The second kappa shape index (κ2) is 16.9. The Morgan fingerprint density at radius 2 is 1.70 bits per heavy atom. The predicted molar refractivity (Wildman–Crippen MR) is 160 cm³/mol. The first-order chi connectivity index (χ1) is 19.4. The van der Waals surface area contributed by atoms with E-state index in [4.69, 9.17) is 4.74 Å². The zero-order chi connectivity index (χ0) is 28.7. The predicted octanol–water partition coefficient (Wildman–Crippen LogP) is 4.86. The quantitative estimate of drug-likeness (QED) is 0.168. The molecule has 3 aromatic rings. The highest BCUT2D eigenvalue weighted by Gasteiger charge is 2.18. The van der Waals surface area contributed by atoms with Crippen LogP contribution in [-0.4, -0.2) is 80.0 Å². The number of rotatable bonds is 19. The van der Waals surface area contributed by atoms with E-state index >= 15 is 0 Å². The number of hydrogen-bond acceptors (Lipinski definition) is 7. The minimum absolute atomic E-state index is 0.260. The van der Waals surface area contributed by atoms with Gasteiger partial charge in [0.25, 0.3) is 0 Å². The van der Waals surface area contributed by atoms with Crippen LogP contribution in [0.15, 0.2) is 43.0 Å². The lowest BCUT2D eigenvalue weighted by molar-refractivity contribution is 0.0523. The molecule has 0 saturated carbocycles. The van der Waals surface area contributed by atoms with Crippen LogP contribution in [0.3, 0.4) is 0 Å². The Kier molecular flexibility index (Phi) is 13.4. The zero-order valence-corrected chi connectivity index (χ0v) is 25.2. The van der Waals surface area contributed by atoms with Crippen molar-refractivity contribution in [2.75, 3.05) is 39.8 Å². The molecule has 0 aliphatic carbocycles. The van der Waals surface area contributed by atoms with Crippen LogP contribution in [0.5, 0.6) is 0 Å². The molecular formula is C31H49N7O2. The largest absolute Gasteiger partial charge is 0.462 e. The molecular weight excluding hydrogens is 502 g/mol. The number of benzene rings is 1. The minimum atomic E-state index is -0.260. The number of aryl methyl sites for hydroxylation is 1. The number of esters is 1. The first kappa shape index (κ1) is 31.5. The monoisotopic (exact) mass is 551 g/mol. The minimum Gasteiger partial charge on any atom is -0.462 e. The second-order valence-corrected chi connectivity index (χ2v) is 10.6. The molecule has 0 aliphatic heterocycles. The molecule has 0 bridgehead atoms. The van der Waals surface area contributed by atoms with E-state index in [1.807, 2.05) is 43.2 Å². The summed E-state index contributed by atoms with van der Waals surface area (Å²) >= 11 is 0. The van der Waals surface area contributed by atoms with Gasteiger partial charge in [-0.15, -0.1) is 0 Å². The number of carbonyl (C=O) groups is 1. The highest BCUT2D eigenvalue weighted by Crippen LogP contribution is 2.19. The zero-order valence-electron chi connectivity index (χ0n) is 25.2. The standard InChI is InChI=1S/C31H49N7O2/c1-6-16-37(17-7-2)19-10-9-18-35(4)23-27-12-11-26(21-28(27)31(39)40-8-3)22-38(24-29-32-13-14-33-29)25-30-34-15-20-36(30)5/h11-15,20-21H,6-10,16-19,22-25H2,1-5H3,(H,32,33). The molecule has 9 nitrogen and oxygen atoms in total. The van der Waals surface area contributed by atoms with Crippen LogP contribution in [0.25, 0.3) is 0 Å². The number of aromatic nitrogens is 4. The Morgan fingerprint density at radius 1 is 0.925 bits per heavy atom. The van der Waals surface area contributed by atoms with Crippen molar-refractivity contribution in [1.82, 2.24) is 34.2 Å². The number of H-pyrrole nitrogens is 1. The van der Waals surface area contributed by atoms with Crippen molar-refractivity contribution in [3.63, 3.8) is 0 Å². The molecule has 0 amide bonds. The summed E-state index contributed by atoms with van der Waals surface area (Å²) in [5.74, 6) is 1.61. The summed E-state index contributed by atoms with van der Waals surface area (Å²) < 4.78 is 7.49.